The van der Waals surface area contributed by atoms with Crippen molar-refractivity contribution in [3.63, 3.8) is 0 Å². The fourth-order valence-corrected chi connectivity index (χ4v) is 1.97. The zero-order valence-corrected chi connectivity index (χ0v) is 10.8. The fraction of sp³-hybridized carbons (Fsp3) is 0.833. The normalized spacial score (nSPS) is 21.0. The standard InChI is InChI=1S/C12H21NO4/c1-9(12(15)16-3)7-13(10(2)14)8-11-5-4-6-17-11/h9,11H,4-8H2,1-3H3. The number of methoxy groups -OCH3 is 1. The number of esters is 1. The molecule has 0 aromatic heterocycles. The molecule has 0 aromatic rings. The highest BCUT2D eigenvalue weighted by Crippen LogP contribution is 2.14. The van der Waals surface area contributed by atoms with Crippen molar-refractivity contribution < 1.29 is 19.1 Å². The minimum absolute atomic E-state index is 0.0312. The Hall–Kier alpha value is -1.10. The van der Waals surface area contributed by atoms with Crippen LogP contribution in [-0.2, 0) is 19.1 Å². The van der Waals surface area contributed by atoms with Crippen LogP contribution >= 0.6 is 0 Å². The molecule has 0 aromatic carbocycles. The maximum absolute atomic E-state index is 11.5. The second-order valence-corrected chi connectivity index (χ2v) is 4.48. The molecule has 0 N–H and O–H groups in total. The molecular weight excluding hydrogens is 222 g/mol. The Morgan fingerprint density at radius 3 is 2.71 bits per heavy atom. The highest BCUT2D eigenvalue weighted by molar-refractivity contribution is 5.76. The van der Waals surface area contributed by atoms with Crippen LogP contribution in [0.4, 0.5) is 0 Å². The molecule has 1 aliphatic heterocycles. The Morgan fingerprint density at radius 2 is 2.24 bits per heavy atom. The van der Waals surface area contributed by atoms with Crippen molar-refractivity contribution >= 4 is 11.9 Å². The van der Waals surface area contributed by atoms with Gasteiger partial charge in [0, 0.05) is 26.6 Å². The van der Waals surface area contributed by atoms with Crippen molar-refractivity contribution in [2.45, 2.75) is 32.8 Å². The van der Waals surface area contributed by atoms with Crippen LogP contribution in [0.15, 0.2) is 0 Å². The van der Waals surface area contributed by atoms with E-state index in [0.717, 1.165) is 19.4 Å². The van der Waals surface area contributed by atoms with Gasteiger partial charge in [0.1, 0.15) is 0 Å². The van der Waals surface area contributed by atoms with Crippen molar-refractivity contribution in [1.29, 1.82) is 0 Å². The SMILES string of the molecule is COC(=O)C(C)CN(CC1CCCO1)C(C)=O. The Balaban J connectivity index is 2.47. The highest BCUT2D eigenvalue weighted by atomic mass is 16.5. The number of hydrogen-bond donors (Lipinski definition) is 0. The molecule has 0 saturated carbocycles. The molecule has 0 radical (unpaired) electrons. The van der Waals surface area contributed by atoms with Crippen LogP contribution in [0.2, 0.25) is 0 Å². The quantitative estimate of drug-likeness (QED) is 0.671. The number of amides is 1. The summed E-state index contributed by atoms with van der Waals surface area (Å²) in [6, 6.07) is 0. The van der Waals surface area contributed by atoms with Gasteiger partial charge in [0.2, 0.25) is 5.91 Å². The van der Waals surface area contributed by atoms with Crippen LogP contribution in [0, 0.1) is 5.92 Å². The van der Waals surface area contributed by atoms with E-state index in [4.69, 9.17) is 4.74 Å². The number of rotatable bonds is 5. The predicted molar refractivity (Wildman–Crippen MR) is 62.4 cm³/mol. The van der Waals surface area contributed by atoms with Crippen molar-refractivity contribution in [2.75, 3.05) is 26.8 Å². The van der Waals surface area contributed by atoms with E-state index in [1.807, 2.05) is 0 Å². The summed E-state index contributed by atoms with van der Waals surface area (Å²) in [6.45, 7) is 5.00. The van der Waals surface area contributed by atoms with Gasteiger partial charge in [-0.3, -0.25) is 9.59 Å². The van der Waals surface area contributed by atoms with Gasteiger partial charge in [-0.25, -0.2) is 0 Å². The Kier molecular flexibility index (Phi) is 5.41. The number of nitrogens with zero attached hydrogens (tertiary/aromatic N) is 1. The average molecular weight is 243 g/mol. The maximum Gasteiger partial charge on any atom is 0.310 e. The van der Waals surface area contributed by atoms with Crippen molar-refractivity contribution in [3.05, 3.63) is 0 Å². The van der Waals surface area contributed by atoms with E-state index in [1.54, 1.807) is 11.8 Å². The molecule has 2 unspecified atom stereocenters. The smallest absolute Gasteiger partial charge is 0.310 e. The van der Waals surface area contributed by atoms with E-state index in [-0.39, 0.29) is 23.9 Å². The third kappa shape index (κ3) is 4.34. The molecule has 2 atom stereocenters. The van der Waals surface area contributed by atoms with E-state index in [9.17, 15) is 9.59 Å². The van der Waals surface area contributed by atoms with Crippen molar-refractivity contribution in [1.82, 2.24) is 4.90 Å². The van der Waals surface area contributed by atoms with E-state index in [1.165, 1.54) is 14.0 Å². The summed E-state index contributed by atoms with van der Waals surface area (Å²) in [4.78, 5) is 24.5. The van der Waals surface area contributed by atoms with Gasteiger partial charge < -0.3 is 14.4 Å². The van der Waals surface area contributed by atoms with Gasteiger partial charge in [-0.1, -0.05) is 6.92 Å². The van der Waals surface area contributed by atoms with Gasteiger partial charge in [0.25, 0.3) is 0 Å². The van der Waals surface area contributed by atoms with Gasteiger partial charge in [-0.15, -0.1) is 0 Å². The van der Waals surface area contributed by atoms with Crippen LogP contribution in [0.5, 0.6) is 0 Å². The van der Waals surface area contributed by atoms with E-state index >= 15 is 0 Å². The van der Waals surface area contributed by atoms with E-state index in [0.29, 0.717) is 13.1 Å². The molecule has 5 heteroatoms. The third-order valence-electron chi connectivity index (χ3n) is 2.99. The maximum atomic E-state index is 11.5. The summed E-state index contributed by atoms with van der Waals surface area (Å²) in [5.41, 5.74) is 0. The lowest BCUT2D eigenvalue weighted by Gasteiger charge is -2.26. The Morgan fingerprint density at radius 1 is 1.53 bits per heavy atom. The lowest BCUT2D eigenvalue weighted by molar-refractivity contribution is -0.146. The summed E-state index contributed by atoms with van der Waals surface area (Å²) < 4.78 is 10.1. The molecule has 0 aliphatic carbocycles. The van der Waals surface area contributed by atoms with Crippen molar-refractivity contribution in [2.24, 2.45) is 5.92 Å². The molecule has 1 fully saturated rings. The minimum Gasteiger partial charge on any atom is -0.469 e. The predicted octanol–water partition coefficient (Wildman–Crippen LogP) is 0.823. The number of ether oxygens (including phenoxy) is 2. The summed E-state index contributed by atoms with van der Waals surface area (Å²) in [7, 11) is 1.36. The van der Waals surface area contributed by atoms with Gasteiger partial charge >= 0.3 is 5.97 Å². The van der Waals surface area contributed by atoms with Gasteiger partial charge in [-0.05, 0) is 12.8 Å². The summed E-state index contributed by atoms with van der Waals surface area (Å²) in [5.74, 6) is -0.620. The Labute approximate surface area is 102 Å². The number of hydrogen-bond acceptors (Lipinski definition) is 4. The topological polar surface area (TPSA) is 55.8 Å². The average Bonchev–Trinajstić information content (AvgIpc) is 2.79. The largest absolute Gasteiger partial charge is 0.469 e. The van der Waals surface area contributed by atoms with E-state index < -0.39 is 0 Å². The zero-order chi connectivity index (χ0) is 12.8. The first-order valence-electron chi connectivity index (χ1n) is 5.99. The van der Waals surface area contributed by atoms with Gasteiger partial charge in [0.15, 0.2) is 0 Å². The fourth-order valence-electron chi connectivity index (χ4n) is 1.97. The molecule has 1 heterocycles. The van der Waals surface area contributed by atoms with Crippen LogP contribution in [-0.4, -0.2) is 49.7 Å². The van der Waals surface area contributed by atoms with Crippen LogP contribution < -0.4 is 0 Å². The second kappa shape index (κ2) is 6.59. The lowest BCUT2D eigenvalue weighted by atomic mass is 10.1. The summed E-state index contributed by atoms with van der Waals surface area (Å²) in [5, 5.41) is 0. The monoisotopic (exact) mass is 243 g/mol. The van der Waals surface area contributed by atoms with Crippen LogP contribution in [0.3, 0.4) is 0 Å². The first kappa shape index (κ1) is 14.0. The second-order valence-electron chi connectivity index (χ2n) is 4.48. The van der Waals surface area contributed by atoms with Gasteiger partial charge in [0.05, 0.1) is 19.1 Å². The summed E-state index contributed by atoms with van der Waals surface area (Å²) in [6.07, 6.45) is 2.14. The number of carbonyl (C=O) groups excluding carboxylic acids is 2. The van der Waals surface area contributed by atoms with E-state index in [2.05, 4.69) is 4.74 Å². The molecule has 1 rings (SSSR count). The molecule has 0 bridgehead atoms. The first-order chi connectivity index (χ1) is 8.04. The minimum atomic E-state index is -0.301. The third-order valence-corrected chi connectivity index (χ3v) is 2.99. The Bertz CT molecular complexity index is 274. The summed E-state index contributed by atoms with van der Waals surface area (Å²) >= 11 is 0. The first-order valence-corrected chi connectivity index (χ1v) is 5.99. The molecule has 98 valence electrons. The number of carbonyl (C=O) groups is 2. The molecular formula is C12H21NO4. The van der Waals surface area contributed by atoms with Crippen molar-refractivity contribution in [3.8, 4) is 0 Å². The van der Waals surface area contributed by atoms with Crippen LogP contribution in [0.25, 0.3) is 0 Å². The molecule has 1 saturated heterocycles. The molecule has 1 amide bonds. The molecule has 1 aliphatic rings. The molecule has 17 heavy (non-hydrogen) atoms. The lowest BCUT2D eigenvalue weighted by Crippen LogP contribution is -2.40. The van der Waals surface area contributed by atoms with Crippen LogP contribution in [0.1, 0.15) is 26.7 Å². The molecule has 0 spiro atoms. The van der Waals surface area contributed by atoms with Gasteiger partial charge in [-0.2, -0.15) is 0 Å². The molecule has 5 nitrogen and oxygen atoms in total. The zero-order valence-electron chi connectivity index (χ0n) is 10.8. The highest BCUT2D eigenvalue weighted by Gasteiger charge is 2.24.